The molecule has 2 amide bonds. The number of carboxylic acid groups (broad SMARTS) is 1. The number of carbonyl (C=O) groups is 3. The third-order valence-electron chi connectivity index (χ3n) is 3.97. The van der Waals surface area contributed by atoms with Gasteiger partial charge in [-0.15, -0.1) is 0 Å². The van der Waals surface area contributed by atoms with E-state index >= 15 is 0 Å². The Bertz CT molecular complexity index is 527. The van der Waals surface area contributed by atoms with Crippen LogP contribution in [-0.4, -0.2) is 64.6 Å². The fourth-order valence-electron chi connectivity index (χ4n) is 2.90. The average Bonchev–Trinajstić information content (AvgIpc) is 2.43. The maximum Gasteiger partial charge on any atom is 0.516 e. The molecule has 1 fully saturated rings. The molecule has 1 aliphatic heterocycles. The number of carboxylic acids is 1. The number of quaternary nitrogens is 1. The van der Waals surface area contributed by atoms with Crippen molar-refractivity contribution in [2.45, 2.75) is 78.0 Å². The molecule has 1 atom stereocenters. The summed E-state index contributed by atoms with van der Waals surface area (Å²) in [6, 6.07) is -1.24. The smallest absolute Gasteiger partial charge is 0.480 e. The lowest BCUT2D eigenvalue weighted by Gasteiger charge is -2.40. The van der Waals surface area contributed by atoms with Gasteiger partial charge in [-0.05, 0) is 60.8 Å². The predicted octanol–water partition coefficient (Wildman–Crippen LogP) is 2.90. The maximum atomic E-state index is 12.8. The van der Waals surface area contributed by atoms with Crippen LogP contribution in [0.15, 0.2) is 0 Å². The summed E-state index contributed by atoms with van der Waals surface area (Å²) in [5.41, 5.74) is -1.41. The number of hydrogen-bond acceptors (Lipinski definition) is 5. The highest BCUT2D eigenvalue weighted by atomic mass is 16.6. The van der Waals surface area contributed by atoms with Crippen LogP contribution in [0.2, 0.25) is 0 Å². The predicted molar refractivity (Wildman–Crippen MR) is 95.7 cm³/mol. The van der Waals surface area contributed by atoms with Crippen molar-refractivity contribution in [3.63, 3.8) is 0 Å². The normalized spacial score (nSPS) is 18.5. The molecular formula is C18H33N2O6+. The standard InChI is InChI=1S/C18H32N2O6/c1-17(2,3)25-15(23)19-13(14(21)22)12-20(10-8-7-9-11-20)16(24)26-18(4,5)6/h13H,7-12H2,1-6H3,(H-,19,21,22,23)/p+1/t13-/m0/s1. The second-order valence-corrected chi connectivity index (χ2v) is 8.85. The van der Waals surface area contributed by atoms with Crippen molar-refractivity contribution in [1.29, 1.82) is 0 Å². The van der Waals surface area contributed by atoms with Crippen LogP contribution in [-0.2, 0) is 14.3 Å². The molecule has 1 saturated heterocycles. The number of aliphatic carboxylic acids is 1. The molecule has 0 spiro atoms. The van der Waals surface area contributed by atoms with Gasteiger partial charge < -0.3 is 19.9 Å². The minimum atomic E-state index is -1.24. The Morgan fingerprint density at radius 3 is 1.88 bits per heavy atom. The van der Waals surface area contributed by atoms with Crippen molar-refractivity contribution in [2.24, 2.45) is 0 Å². The van der Waals surface area contributed by atoms with Crippen LogP contribution in [0, 0.1) is 0 Å². The Morgan fingerprint density at radius 1 is 0.962 bits per heavy atom. The topological polar surface area (TPSA) is 102 Å². The van der Waals surface area contributed by atoms with Crippen molar-refractivity contribution < 1.29 is 33.4 Å². The lowest BCUT2D eigenvalue weighted by Crippen LogP contribution is -2.63. The highest BCUT2D eigenvalue weighted by molar-refractivity contribution is 5.80. The van der Waals surface area contributed by atoms with Crippen LogP contribution in [0.3, 0.4) is 0 Å². The molecule has 150 valence electrons. The molecule has 0 aliphatic carbocycles. The van der Waals surface area contributed by atoms with Gasteiger partial charge in [0.1, 0.15) is 17.7 Å². The molecule has 0 aromatic rings. The van der Waals surface area contributed by atoms with E-state index in [1.807, 2.05) is 0 Å². The van der Waals surface area contributed by atoms with Gasteiger partial charge in [0.25, 0.3) is 0 Å². The Kier molecular flexibility index (Phi) is 7.04. The third-order valence-corrected chi connectivity index (χ3v) is 3.97. The number of carbonyl (C=O) groups excluding carboxylic acids is 2. The van der Waals surface area contributed by atoms with Gasteiger partial charge in [-0.2, -0.15) is 4.79 Å². The molecule has 8 nitrogen and oxygen atoms in total. The Labute approximate surface area is 155 Å². The van der Waals surface area contributed by atoms with Crippen LogP contribution in [0.5, 0.6) is 0 Å². The van der Waals surface area contributed by atoms with Gasteiger partial charge in [0.15, 0.2) is 6.04 Å². The summed E-state index contributed by atoms with van der Waals surface area (Å²) in [5.74, 6) is -1.21. The zero-order valence-corrected chi connectivity index (χ0v) is 16.8. The molecule has 0 radical (unpaired) electrons. The molecule has 0 bridgehead atoms. The Hall–Kier alpha value is -1.83. The van der Waals surface area contributed by atoms with E-state index in [2.05, 4.69) is 5.32 Å². The molecule has 2 N–H and O–H groups in total. The first kappa shape index (κ1) is 22.2. The fourth-order valence-corrected chi connectivity index (χ4v) is 2.90. The number of likely N-dealkylation sites (tertiary alicyclic amines) is 1. The number of nitrogens with zero attached hydrogens (tertiary/aromatic N) is 1. The van der Waals surface area contributed by atoms with Crippen LogP contribution >= 0.6 is 0 Å². The minimum absolute atomic E-state index is 0.0660. The lowest BCUT2D eigenvalue weighted by molar-refractivity contribution is -0.864. The number of nitrogens with one attached hydrogen (secondary N) is 1. The molecule has 1 heterocycles. The van der Waals surface area contributed by atoms with E-state index in [9.17, 15) is 19.5 Å². The first-order valence-electron chi connectivity index (χ1n) is 9.06. The van der Waals surface area contributed by atoms with Crippen LogP contribution < -0.4 is 5.32 Å². The molecule has 1 aliphatic rings. The maximum absolute atomic E-state index is 12.8. The summed E-state index contributed by atoms with van der Waals surface area (Å²) >= 11 is 0. The average molecular weight is 373 g/mol. The minimum Gasteiger partial charge on any atom is -0.480 e. The Morgan fingerprint density at radius 2 is 1.46 bits per heavy atom. The number of rotatable bonds is 4. The molecule has 8 heteroatoms. The zero-order valence-electron chi connectivity index (χ0n) is 16.8. The molecule has 1 rings (SSSR count). The van der Waals surface area contributed by atoms with Crippen LogP contribution in [0.25, 0.3) is 0 Å². The molecule has 0 saturated carbocycles. The SMILES string of the molecule is CC(C)(C)OC(=O)N[C@@H](C[N+]1(C(=O)OC(C)(C)C)CCCCC1)C(=O)O. The van der Waals surface area contributed by atoms with Gasteiger partial charge in [0.2, 0.25) is 0 Å². The molecule has 26 heavy (non-hydrogen) atoms. The van der Waals surface area contributed by atoms with E-state index < -0.39 is 35.4 Å². The monoisotopic (exact) mass is 373 g/mol. The fraction of sp³-hybridized carbons (Fsp3) is 0.833. The second kappa shape index (κ2) is 8.24. The van der Waals surface area contributed by atoms with Gasteiger partial charge in [-0.1, -0.05) is 0 Å². The summed E-state index contributed by atoms with van der Waals surface area (Å²) in [6.45, 7) is 11.3. The molecule has 0 aromatic carbocycles. The molecular weight excluding hydrogens is 340 g/mol. The second-order valence-electron chi connectivity index (χ2n) is 8.85. The van der Waals surface area contributed by atoms with Gasteiger partial charge in [-0.3, -0.25) is 0 Å². The van der Waals surface area contributed by atoms with Crippen molar-refractivity contribution in [2.75, 3.05) is 19.6 Å². The summed E-state index contributed by atoms with van der Waals surface area (Å²) < 4.78 is 10.6. The van der Waals surface area contributed by atoms with Crippen molar-refractivity contribution >= 4 is 18.2 Å². The van der Waals surface area contributed by atoms with Gasteiger partial charge in [-0.25, -0.2) is 14.1 Å². The van der Waals surface area contributed by atoms with E-state index in [4.69, 9.17) is 9.47 Å². The highest BCUT2D eigenvalue weighted by Gasteiger charge is 2.45. The van der Waals surface area contributed by atoms with Crippen molar-refractivity contribution in [3.05, 3.63) is 0 Å². The largest absolute Gasteiger partial charge is 0.516 e. The first-order chi connectivity index (χ1) is 11.7. The summed E-state index contributed by atoms with van der Waals surface area (Å²) in [6.07, 6.45) is 1.33. The summed E-state index contributed by atoms with van der Waals surface area (Å²) in [5, 5.41) is 11.9. The number of amides is 2. The Balaban J connectivity index is 2.96. The number of piperidine rings is 1. The van der Waals surface area contributed by atoms with E-state index in [-0.39, 0.29) is 11.0 Å². The summed E-state index contributed by atoms with van der Waals surface area (Å²) in [4.78, 5) is 36.5. The van der Waals surface area contributed by atoms with E-state index in [0.717, 1.165) is 19.3 Å². The van der Waals surface area contributed by atoms with Crippen LogP contribution in [0.4, 0.5) is 9.59 Å². The van der Waals surface area contributed by atoms with Crippen molar-refractivity contribution in [3.8, 4) is 0 Å². The van der Waals surface area contributed by atoms with E-state index in [1.54, 1.807) is 41.5 Å². The van der Waals surface area contributed by atoms with Crippen molar-refractivity contribution in [1.82, 2.24) is 5.32 Å². The molecule has 0 aromatic heterocycles. The number of alkyl carbamates (subject to hydrolysis) is 1. The third kappa shape index (κ3) is 7.19. The number of ether oxygens (including phenoxy) is 2. The molecule has 0 unspecified atom stereocenters. The van der Waals surface area contributed by atoms with E-state index in [0.29, 0.717) is 13.1 Å². The van der Waals surface area contributed by atoms with Crippen LogP contribution in [0.1, 0.15) is 60.8 Å². The summed E-state index contributed by atoms with van der Waals surface area (Å²) in [7, 11) is 0. The van der Waals surface area contributed by atoms with Gasteiger partial charge >= 0.3 is 18.2 Å². The van der Waals surface area contributed by atoms with Gasteiger partial charge in [0, 0.05) is 0 Å². The quantitative estimate of drug-likeness (QED) is 0.735. The zero-order chi connectivity index (χ0) is 20.2. The lowest BCUT2D eigenvalue weighted by atomic mass is 10.1. The van der Waals surface area contributed by atoms with E-state index in [1.165, 1.54) is 0 Å². The number of hydrogen-bond donors (Lipinski definition) is 2. The highest BCUT2D eigenvalue weighted by Crippen LogP contribution is 2.24. The first-order valence-corrected chi connectivity index (χ1v) is 9.06. The van der Waals surface area contributed by atoms with Gasteiger partial charge in [0.05, 0.1) is 13.1 Å².